The van der Waals surface area contributed by atoms with Gasteiger partial charge in [0, 0.05) is 24.4 Å². The number of carbonyl (C=O) groups is 1. The minimum absolute atomic E-state index is 0.0731. The van der Waals surface area contributed by atoms with Gasteiger partial charge >= 0.3 is 0 Å². The number of aromatic nitrogens is 1. The third-order valence-corrected chi connectivity index (χ3v) is 3.83. The minimum atomic E-state index is -0.0731. The van der Waals surface area contributed by atoms with Crippen molar-refractivity contribution in [1.29, 1.82) is 0 Å². The summed E-state index contributed by atoms with van der Waals surface area (Å²) in [5, 5.41) is 3.06. The first kappa shape index (κ1) is 11.2. The predicted molar refractivity (Wildman–Crippen MR) is 63.8 cm³/mol. The molecule has 0 aliphatic heterocycles. The third-order valence-electron chi connectivity index (χ3n) is 3.83. The van der Waals surface area contributed by atoms with Crippen LogP contribution in [0.1, 0.15) is 44.6 Å². The van der Waals surface area contributed by atoms with Gasteiger partial charge in [0.2, 0.25) is 5.91 Å². The first-order valence-corrected chi connectivity index (χ1v) is 6.17. The van der Waals surface area contributed by atoms with Crippen molar-refractivity contribution in [3.8, 4) is 0 Å². The highest BCUT2D eigenvalue weighted by molar-refractivity contribution is 5.82. The molecule has 0 aromatic carbocycles. The van der Waals surface area contributed by atoms with Gasteiger partial charge in [-0.3, -0.25) is 4.79 Å². The Labute approximate surface area is 96.6 Å². The van der Waals surface area contributed by atoms with E-state index in [0.717, 1.165) is 24.8 Å². The van der Waals surface area contributed by atoms with Crippen LogP contribution in [0.15, 0.2) is 18.5 Å². The van der Waals surface area contributed by atoms with Crippen molar-refractivity contribution < 1.29 is 4.79 Å². The highest BCUT2D eigenvalue weighted by Gasteiger charge is 2.38. The van der Waals surface area contributed by atoms with Gasteiger partial charge in [-0.2, -0.15) is 0 Å². The fourth-order valence-electron chi connectivity index (χ4n) is 2.63. The SMILES string of the molecule is CCC1(C(=O)NCc2cc[nH]c2)CCCC1. The van der Waals surface area contributed by atoms with E-state index < -0.39 is 0 Å². The van der Waals surface area contributed by atoms with Crippen LogP contribution in [0.5, 0.6) is 0 Å². The molecule has 88 valence electrons. The molecule has 1 aromatic heterocycles. The maximum absolute atomic E-state index is 12.2. The Bertz CT molecular complexity index is 337. The summed E-state index contributed by atoms with van der Waals surface area (Å²) in [5.41, 5.74) is 1.06. The molecular weight excluding hydrogens is 200 g/mol. The van der Waals surface area contributed by atoms with E-state index in [4.69, 9.17) is 0 Å². The molecule has 16 heavy (non-hydrogen) atoms. The van der Waals surface area contributed by atoms with Gasteiger partial charge in [-0.15, -0.1) is 0 Å². The Morgan fingerprint density at radius 2 is 2.25 bits per heavy atom. The van der Waals surface area contributed by atoms with Crippen LogP contribution in [-0.2, 0) is 11.3 Å². The van der Waals surface area contributed by atoms with Gasteiger partial charge in [0.05, 0.1) is 0 Å². The van der Waals surface area contributed by atoms with Crippen LogP contribution in [0, 0.1) is 5.41 Å². The zero-order valence-electron chi connectivity index (χ0n) is 9.88. The van der Waals surface area contributed by atoms with E-state index in [2.05, 4.69) is 17.2 Å². The second kappa shape index (κ2) is 4.73. The molecule has 0 radical (unpaired) electrons. The number of H-pyrrole nitrogens is 1. The molecule has 1 aromatic rings. The smallest absolute Gasteiger partial charge is 0.226 e. The molecule has 0 saturated heterocycles. The molecule has 1 aliphatic rings. The van der Waals surface area contributed by atoms with Crippen molar-refractivity contribution in [3.63, 3.8) is 0 Å². The van der Waals surface area contributed by atoms with Gasteiger partial charge in [0.1, 0.15) is 0 Å². The van der Waals surface area contributed by atoms with E-state index >= 15 is 0 Å². The molecule has 1 amide bonds. The van der Waals surface area contributed by atoms with Crippen LogP contribution < -0.4 is 5.32 Å². The molecule has 1 fully saturated rings. The van der Waals surface area contributed by atoms with Crippen LogP contribution in [0.25, 0.3) is 0 Å². The molecule has 3 nitrogen and oxygen atoms in total. The Hall–Kier alpha value is -1.25. The summed E-state index contributed by atoms with van der Waals surface area (Å²) in [7, 11) is 0. The maximum atomic E-state index is 12.2. The molecule has 3 heteroatoms. The zero-order chi connectivity index (χ0) is 11.4. The first-order chi connectivity index (χ1) is 7.77. The average molecular weight is 220 g/mol. The third kappa shape index (κ3) is 2.13. The van der Waals surface area contributed by atoms with Crippen LogP contribution in [0.3, 0.4) is 0 Å². The highest BCUT2D eigenvalue weighted by atomic mass is 16.2. The van der Waals surface area contributed by atoms with Gasteiger partial charge in [0.15, 0.2) is 0 Å². The summed E-state index contributed by atoms with van der Waals surface area (Å²) >= 11 is 0. The molecule has 0 atom stereocenters. The van der Waals surface area contributed by atoms with Crippen molar-refractivity contribution in [2.24, 2.45) is 5.41 Å². The molecule has 0 spiro atoms. The Kier molecular flexibility index (Phi) is 3.32. The number of hydrogen-bond acceptors (Lipinski definition) is 1. The maximum Gasteiger partial charge on any atom is 0.226 e. The number of hydrogen-bond donors (Lipinski definition) is 2. The lowest BCUT2D eigenvalue weighted by Crippen LogP contribution is -2.38. The normalized spacial score (nSPS) is 18.6. The highest BCUT2D eigenvalue weighted by Crippen LogP contribution is 2.41. The summed E-state index contributed by atoms with van der Waals surface area (Å²) < 4.78 is 0. The number of carbonyl (C=O) groups excluding carboxylic acids is 1. The van der Waals surface area contributed by atoms with Crippen LogP contribution in [0.4, 0.5) is 0 Å². The first-order valence-electron chi connectivity index (χ1n) is 6.17. The van der Waals surface area contributed by atoms with Crippen LogP contribution in [0.2, 0.25) is 0 Å². The molecule has 2 rings (SSSR count). The van der Waals surface area contributed by atoms with Gasteiger partial charge in [-0.05, 0) is 30.9 Å². The molecule has 0 bridgehead atoms. The van der Waals surface area contributed by atoms with Gasteiger partial charge in [-0.1, -0.05) is 19.8 Å². The fourth-order valence-corrected chi connectivity index (χ4v) is 2.63. The number of nitrogens with one attached hydrogen (secondary N) is 2. The Balaban J connectivity index is 1.91. The summed E-state index contributed by atoms with van der Waals surface area (Å²) in [5.74, 6) is 0.244. The van der Waals surface area contributed by atoms with Crippen molar-refractivity contribution in [1.82, 2.24) is 10.3 Å². The number of rotatable bonds is 4. The van der Waals surface area contributed by atoms with Crippen LogP contribution in [-0.4, -0.2) is 10.9 Å². The van der Waals surface area contributed by atoms with E-state index in [1.165, 1.54) is 12.8 Å². The monoisotopic (exact) mass is 220 g/mol. The summed E-state index contributed by atoms with van der Waals surface area (Å²) in [4.78, 5) is 15.2. The van der Waals surface area contributed by atoms with Crippen molar-refractivity contribution in [3.05, 3.63) is 24.0 Å². The molecule has 1 aliphatic carbocycles. The predicted octanol–water partition coefficient (Wildman–Crippen LogP) is 2.60. The topological polar surface area (TPSA) is 44.9 Å². The van der Waals surface area contributed by atoms with E-state index in [9.17, 15) is 4.79 Å². The largest absolute Gasteiger partial charge is 0.367 e. The van der Waals surface area contributed by atoms with E-state index in [1.807, 2.05) is 18.5 Å². The van der Waals surface area contributed by atoms with E-state index in [1.54, 1.807) is 0 Å². The fraction of sp³-hybridized carbons (Fsp3) is 0.615. The van der Waals surface area contributed by atoms with Gasteiger partial charge < -0.3 is 10.3 Å². The van der Waals surface area contributed by atoms with E-state index in [-0.39, 0.29) is 11.3 Å². The van der Waals surface area contributed by atoms with E-state index in [0.29, 0.717) is 6.54 Å². The molecule has 1 heterocycles. The summed E-state index contributed by atoms with van der Waals surface area (Å²) in [6.07, 6.45) is 9.29. The van der Waals surface area contributed by atoms with Crippen LogP contribution >= 0.6 is 0 Å². The molecule has 0 unspecified atom stereocenters. The lowest BCUT2D eigenvalue weighted by atomic mass is 9.82. The van der Waals surface area contributed by atoms with Gasteiger partial charge in [0.25, 0.3) is 0 Å². The lowest BCUT2D eigenvalue weighted by Gasteiger charge is -2.25. The van der Waals surface area contributed by atoms with Gasteiger partial charge in [-0.25, -0.2) is 0 Å². The number of aromatic amines is 1. The van der Waals surface area contributed by atoms with Crippen molar-refractivity contribution in [2.75, 3.05) is 0 Å². The van der Waals surface area contributed by atoms with Crippen molar-refractivity contribution >= 4 is 5.91 Å². The molecule has 2 N–H and O–H groups in total. The lowest BCUT2D eigenvalue weighted by molar-refractivity contribution is -0.131. The summed E-state index contributed by atoms with van der Waals surface area (Å²) in [6, 6.07) is 1.99. The number of amides is 1. The Morgan fingerprint density at radius 1 is 1.50 bits per heavy atom. The zero-order valence-corrected chi connectivity index (χ0v) is 9.88. The molecular formula is C13H20N2O. The average Bonchev–Trinajstić information content (AvgIpc) is 2.97. The quantitative estimate of drug-likeness (QED) is 0.805. The molecule has 1 saturated carbocycles. The standard InChI is InChI=1S/C13H20N2O/c1-2-13(6-3-4-7-13)12(16)15-10-11-5-8-14-9-11/h5,8-9,14H,2-4,6-7,10H2,1H3,(H,15,16). The minimum Gasteiger partial charge on any atom is -0.367 e. The van der Waals surface area contributed by atoms with Crippen molar-refractivity contribution in [2.45, 2.75) is 45.6 Å². The Morgan fingerprint density at radius 3 is 2.81 bits per heavy atom. The summed E-state index contributed by atoms with van der Waals surface area (Å²) in [6.45, 7) is 2.77. The second-order valence-corrected chi connectivity index (χ2v) is 4.74. The second-order valence-electron chi connectivity index (χ2n) is 4.74.